The number of pyridine rings is 1. The summed E-state index contributed by atoms with van der Waals surface area (Å²) in [5.41, 5.74) is 2.48. The zero-order valence-corrected chi connectivity index (χ0v) is 15.9. The summed E-state index contributed by atoms with van der Waals surface area (Å²) in [5, 5.41) is 0. The van der Waals surface area contributed by atoms with Crippen LogP contribution in [0.3, 0.4) is 0 Å². The number of amides is 1. The number of anilines is 1. The third-order valence-corrected chi connectivity index (χ3v) is 4.71. The fourth-order valence-electron chi connectivity index (χ4n) is 3.06. The van der Waals surface area contributed by atoms with Gasteiger partial charge in [-0.25, -0.2) is 4.98 Å². The Bertz CT molecular complexity index is 766. The molecule has 1 aromatic carbocycles. The maximum atomic E-state index is 13.0. The quantitative estimate of drug-likeness (QED) is 0.843. The highest BCUT2D eigenvalue weighted by Crippen LogP contribution is 2.26. The van der Waals surface area contributed by atoms with E-state index in [4.69, 9.17) is 9.72 Å². The molecule has 1 amide bonds. The SMILES string of the molecule is COc1ccc(-c2ccc(C(=O)N3CCN(C)CC3)c(N(C)C)n2)cc1. The van der Waals surface area contributed by atoms with Gasteiger partial charge in [-0.05, 0) is 43.4 Å². The molecule has 1 aliphatic heterocycles. The summed E-state index contributed by atoms with van der Waals surface area (Å²) in [6, 6.07) is 11.6. The van der Waals surface area contributed by atoms with E-state index in [0.717, 1.165) is 43.2 Å². The van der Waals surface area contributed by atoms with E-state index in [1.54, 1.807) is 7.11 Å². The summed E-state index contributed by atoms with van der Waals surface area (Å²) in [6.45, 7) is 3.31. The third-order valence-electron chi connectivity index (χ3n) is 4.71. The molecule has 0 unspecified atom stereocenters. The van der Waals surface area contributed by atoms with E-state index in [1.807, 2.05) is 60.3 Å². The first-order chi connectivity index (χ1) is 12.5. The number of aromatic nitrogens is 1. The number of carbonyl (C=O) groups excluding carboxylic acids is 1. The van der Waals surface area contributed by atoms with Crippen LogP contribution in [-0.2, 0) is 0 Å². The first-order valence-electron chi connectivity index (χ1n) is 8.80. The molecule has 0 N–H and O–H groups in total. The fraction of sp³-hybridized carbons (Fsp3) is 0.400. The highest BCUT2D eigenvalue weighted by molar-refractivity contribution is 5.99. The highest BCUT2D eigenvalue weighted by atomic mass is 16.5. The minimum absolute atomic E-state index is 0.0515. The number of hydrogen-bond acceptors (Lipinski definition) is 5. The summed E-state index contributed by atoms with van der Waals surface area (Å²) >= 11 is 0. The average Bonchev–Trinajstić information content (AvgIpc) is 2.67. The molecular weight excluding hydrogens is 328 g/mol. The number of hydrogen-bond donors (Lipinski definition) is 0. The van der Waals surface area contributed by atoms with Gasteiger partial charge in [-0.3, -0.25) is 4.79 Å². The van der Waals surface area contributed by atoms with E-state index in [9.17, 15) is 4.79 Å². The van der Waals surface area contributed by atoms with E-state index in [-0.39, 0.29) is 5.91 Å². The predicted octanol–water partition coefficient (Wildman–Crippen LogP) is 2.21. The van der Waals surface area contributed by atoms with Gasteiger partial charge in [0, 0.05) is 45.8 Å². The topological polar surface area (TPSA) is 48.9 Å². The molecule has 0 aliphatic carbocycles. The smallest absolute Gasteiger partial charge is 0.257 e. The number of piperazine rings is 1. The highest BCUT2D eigenvalue weighted by Gasteiger charge is 2.24. The summed E-state index contributed by atoms with van der Waals surface area (Å²) < 4.78 is 5.21. The van der Waals surface area contributed by atoms with Gasteiger partial charge >= 0.3 is 0 Å². The molecule has 1 fully saturated rings. The lowest BCUT2D eigenvalue weighted by atomic mass is 10.1. The monoisotopic (exact) mass is 354 g/mol. The summed E-state index contributed by atoms with van der Waals surface area (Å²) in [5.74, 6) is 1.56. The van der Waals surface area contributed by atoms with Crippen molar-refractivity contribution in [1.82, 2.24) is 14.8 Å². The number of likely N-dealkylation sites (N-methyl/N-ethyl adjacent to an activating group) is 1. The standard InChI is InChI=1S/C20H26N4O2/c1-22(2)19-17(20(25)24-13-11-23(3)12-14-24)9-10-18(21-19)15-5-7-16(26-4)8-6-15/h5-10H,11-14H2,1-4H3. The molecule has 0 bridgehead atoms. The lowest BCUT2D eigenvalue weighted by molar-refractivity contribution is 0.0664. The Hall–Kier alpha value is -2.60. The normalized spacial score (nSPS) is 15.0. The van der Waals surface area contributed by atoms with Crippen molar-refractivity contribution in [2.75, 3.05) is 59.3 Å². The van der Waals surface area contributed by atoms with Crippen molar-refractivity contribution < 1.29 is 9.53 Å². The van der Waals surface area contributed by atoms with Gasteiger partial charge in [0.1, 0.15) is 11.6 Å². The molecule has 1 saturated heterocycles. The summed E-state index contributed by atoms with van der Waals surface area (Å²) in [6.07, 6.45) is 0. The van der Waals surface area contributed by atoms with Crippen LogP contribution in [0.15, 0.2) is 36.4 Å². The Balaban J connectivity index is 1.90. The third kappa shape index (κ3) is 3.80. The van der Waals surface area contributed by atoms with Crippen LogP contribution >= 0.6 is 0 Å². The Kier molecular flexibility index (Phi) is 5.42. The van der Waals surface area contributed by atoms with E-state index >= 15 is 0 Å². The lowest BCUT2D eigenvalue weighted by Gasteiger charge is -2.33. The summed E-state index contributed by atoms with van der Waals surface area (Å²) in [7, 11) is 7.57. The molecule has 0 atom stereocenters. The average molecular weight is 354 g/mol. The first-order valence-corrected chi connectivity index (χ1v) is 8.80. The molecule has 2 heterocycles. The molecule has 2 aromatic rings. The number of benzene rings is 1. The molecule has 6 nitrogen and oxygen atoms in total. The molecule has 6 heteroatoms. The van der Waals surface area contributed by atoms with Crippen molar-refractivity contribution in [2.24, 2.45) is 0 Å². The first kappa shape index (κ1) is 18.2. The molecule has 26 heavy (non-hydrogen) atoms. The van der Waals surface area contributed by atoms with E-state index in [1.165, 1.54) is 0 Å². The van der Waals surface area contributed by atoms with Gasteiger partial charge in [0.25, 0.3) is 5.91 Å². The van der Waals surface area contributed by atoms with E-state index < -0.39 is 0 Å². The summed E-state index contributed by atoms with van der Waals surface area (Å²) in [4.78, 5) is 23.8. The van der Waals surface area contributed by atoms with Crippen molar-refractivity contribution in [3.63, 3.8) is 0 Å². The van der Waals surface area contributed by atoms with Crippen LogP contribution in [0.4, 0.5) is 5.82 Å². The Morgan fingerprint density at radius 3 is 2.27 bits per heavy atom. The zero-order chi connectivity index (χ0) is 18.7. The maximum absolute atomic E-state index is 13.0. The van der Waals surface area contributed by atoms with Crippen LogP contribution in [-0.4, -0.2) is 75.1 Å². The van der Waals surface area contributed by atoms with Crippen molar-refractivity contribution in [3.8, 4) is 17.0 Å². The van der Waals surface area contributed by atoms with Crippen molar-refractivity contribution >= 4 is 11.7 Å². The molecule has 1 aliphatic rings. The van der Waals surface area contributed by atoms with Crippen LogP contribution in [0.25, 0.3) is 11.3 Å². The number of ether oxygens (including phenoxy) is 1. The van der Waals surface area contributed by atoms with Gasteiger partial charge in [0.05, 0.1) is 18.4 Å². The fourth-order valence-corrected chi connectivity index (χ4v) is 3.06. The maximum Gasteiger partial charge on any atom is 0.257 e. The molecule has 0 saturated carbocycles. The largest absolute Gasteiger partial charge is 0.497 e. The Morgan fingerprint density at radius 1 is 1.04 bits per heavy atom. The van der Waals surface area contributed by atoms with Gasteiger partial charge in [-0.1, -0.05) is 0 Å². The van der Waals surface area contributed by atoms with Crippen molar-refractivity contribution in [3.05, 3.63) is 42.0 Å². The molecule has 3 rings (SSSR count). The number of carbonyl (C=O) groups is 1. The predicted molar refractivity (Wildman–Crippen MR) is 104 cm³/mol. The molecule has 138 valence electrons. The van der Waals surface area contributed by atoms with Gasteiger partial charge in [-0.2, -0.15) is 0 Å². The Morgan fingerprint density at radius 2 is 1.69 bits per heavy atom. The van der Waals surface area contributed by atoms with Gasteiger partial charge < -0.3 is 19.4 Å². The van der Waals surface area contributed by atoms with Crippen molar-refractivity contribution in [1.29, 1.82) is 0 Å². The minimum Gasteiger partial charge on any atom is -0.497 e. The minimum atomic E-state index is 0.0515. The molecule has 0 spiro atoms. The van der Waals surface area contributed by atoms with E-state index in [0.29, 0.717) is 11.4 Å². The van der Waals surface area contributed by atoms with Gasteiger partial charge in [-0.15, -0.1) is 0 Å². The van der Waals surface area contributed by atoms with Gasteiger partial charge in [0.2, 0.25) is 0 Å². The number of nitrogens with zero attached hydrogens (tertiary/aromatic N) is 4. The number of rotatable bonds is 4. The molecule has 0 radical (unpaired) electrons. The van der Waals surface area contributed by atoms with Crippen LogP contribution in [0, 0.1) is 0 Å². The number of methoxy groups -OCH3 is 1. The zero-order valence-electron chi connectivity index (χ0n) is 15.9. The Labute approximate surface area is 155 Å². The van der Waals surface area contributed by atoms with Crippen LogP contribution in [0.2, 0.25) is 0 Å². The lowest BCUT2D eigenvalue weighted by Crippen LogP contribution is -2.47. The van der Waals surface area contributed by atoms with Crippen LogP contribution < -0.4 is 9.64 Å². The second-order valence-electron chi connectivity index (χ2n) is 6.79. The van der Waals surface area contributed by atoms with Crippen LogP contribution in [0.5, 0.6) is 5.75 Å². The van der Waals surface area contributed by atoms with E-state index in [2.05, 4.69) is 11.9 Å². The second kappa shape index (κ2) is 7.74. The van der Waals surface area contributed by atoms with Crippen LogP contribution in [0.1, 0.15) is 10.4 Å². The molecule has 1 aromatic heterocycles. The second-order valence-corrected chi connectivity index (χ2v) is 6.79. The molecular formula is C20H26N4O2. The van der Waals surface area contributed by atoms with Crippen molar-refractivity contribution in [2.45, 2.75) is 0 Å². The van der Waals surface area contributed by atoms with Gasteiger partial charge in [0.15, 0.2) is 0 Å².